The number of carbonyl (C=O) groups excluding carboxylic acids is 3. The molecular weight excluding hydrogens is 420 g/mol. The number of benzene rings is 1. The second kappa shape index (κ2) is 10.7. The first-order chi connectivity index (χ1) is 15.8. The van der Waals surface area contributed by atoms with E-state index in [1.807, 2.05) is 31.2 Å². The van der Waals surface area contributed by atoms with E-state index in [0.717, 1.165) is 24.0 Å². The van der Waals surface area contributed by atoms with Gasteiger partial charge in [-0.05, 0) is 62.6 Å². The standard InChI is InChI=1S/C26H34N2O5/c1-19-8-5-9-20(18-19)13-16-26(33-24(30)12-6-11-23(29)27(2)3)15-7-10-22-21(26)14-17-28(22)25(31)32-4/h5,8-9,18,21-22H,6-7,10-12,14-15,17H2,1-4H3. The molecule has 1 aliphatic heterocycles. The number of methoxy groups -OCH3 is 1. The molecule has 0 spiro atoms. The van der Waals surface area contributed by atoms with E-state index in [-0.39, 0.29) is 36.4 Å². The smallest absolute Gasteiger partial charge is 0.409 e. The maximum Gasteiger partial charge on any atom is 0.409 e. The number of hydrogen-bond donors (Lipinski definition) is 0. The van der Waals surface area contributed by atoms with E-state index in [4.69, 9.17) is 9.47 Å². The van der Waals surface area contributed by atoms with Crippen LogP contribution in [0.25, 0.3) is 0 Å². The summed E-state index contributed by atoms with van der Waals surface area (Å²) in [5.74, 6) is 6.13. The summed E-state index contributed by atoms with van der Waals surface area (Å²) in [6.45, 7) is 2.57. The summed E-state index contributed by atoms with van der Waals surface area (Å²) in [6.07, 6.45) is 3.50. The third kappa shape index (κ3) is 5.87. The van der Waals surface area contributed by atoms with Gasteiger partial charge >= 0.3 is 12.1 Å². The second-order valence-electron chi connectivity index (χ2n) is 9.14. The lowest BCUT2D eigenvalue weighted by molar-refractivity contribution is -0.162. The van der Waals surface area contributed by atoms with Crippen LogP contribution in [0.4, 0.5) is 4.79 Å². The van der Waals surface area contributed by atoms with E-state index in [2.05, 4.69) is 11.8 Å². The Kier molecular flexibility index (Phi) is 8.01. The van der Waals surface area contributed by atoms with E-state index in [9.17, 15) is 14.4 Å². The Hall–Kier alpha value is -3.01. The minimum Gasteiger partial charge on any atom is -0.453 e. The predicted molar refractivity (Wildman–Crippen MR) is 124 cm³/mol. The van der Waals surface area contributed by atoms with Crippen LogP contribution in [0.15, 0.2) is 24.3 Å². The highest BCUT2D eigenvalue weighted by atomic mass is 16.6. The molecule has 0 aromatic heterocycles. The van der Waals surface area contributed by atoms with E-state index >= 15 is 0 Å². The van der Waals surface area contributed by atoms with Crippen LogP contribution in [0.2, 0.25) is 0 Å². The molecule has 2 aliphatic rings. The lowest BCUT2D eigenvalue weighted by atomic mass is 9.72. The molecule has 3 unspecified atom stereocenters. The quantitative estimate of drug-likeness (QED) is 0.503. The van der Waals surface area contributed by atoms with Crippen LogP contribution in [0.3, 0.4) is 0 Å². The number of carbonyl (C=O) groups is 3. The lowest BCUT2D eigenvalue weighted by Crippen LogP contribution is -2.51. The van der Waals surface area contributed by atoms with Crippen molar-refractivity contribution in [2.45, 2.75) is 63.5 Å². The topological polar surface area (TPSA) is 76.1 Å². The number of aryl methyl sites for hydroxylation is 1. The predicted octanol–water partition coefficient (Wildman–Crippen LogP) is 3.53. The molecule has 1 saturated carbocycles. The number of esters is 1. The normalized spacial score (nSPS) is 23.7. The number of hydrogen-bond acceptors (Lipinski definition) is 5. The molecule has 1 aliphatic carbocycles. The number of nitrogens with zero attached hydrogens (tertiary/aromatic N) is 2. The molecule has 1 saturated heterocycles. The van der Waals surface area contributed by atoms with Gasteiger partial charge in [-0.15, -0.1) is 0 Å². The molecule has 3 atom stereocenters. The number of fused-ring (bicyclic) bond motifs is 1. The molecule has 1 aromatic rings. The molecule has 2 fully saturated rings. The minimum absolute atomic E-state index is 0.0148. The van der Waals surface area contributed by atoms with Crippen molar-refractivity contribution in [1.82, 2.24) is 9.80 Å². The third-order valence-electron chi connectivity index (χ3n) is 6.60. The van der Waals surface area contributed by atoms with Gasteiger partial charge < -0.3 is 19.3 Å². The number of rotatable bonds is 5. The van der Waals surface area contributed by atoms with Crippen LogP contribution in [0.5, 0.6) is 0 Å². The molecular formula is C26H34N2O5. The zero-order valence-corrected chi connectivity index (χ0v) is 20.1. The van der Waals surface area contributed by atoms with Gasteiger partial charge in [0.15, 0.2) is 5.60 Å². The maximum absolute atomic E-state index is 12.9. The van der Waals surface area contributed by atoms with Gasteiger partial charge in [-0.2, -0.15) is 0 Å². The Labute approximate surface area is 196 Å². The van der Waals surface area contributed by atoms with Gasteiger partial charge in [-0.1, -0.05) is 18.1 Å². The summed E-state index contributed by atoms with van der Waals surface area (Å²) in [4.78, 5) is 40.3. The van der Waals surface area contributed by atoms with Gasteiger partial charge in [0.2, 0.25) is 5.91 Å². The van der Waals surface area contributed by atoms with Crippen LogP contribution >= 0.6 is 0 Å². The average molecular weight is 455 g/mol. The monoisotopic (exact) mass is 454 g/mol. The average Bonchev–Trinajstić information content (AvgIpc) is 3.23. The van der Waals surface area contributed by atoms with Gasteiger partial charge in [0, 0.05) is 51.0 Å². The van der Waals surface area contributed by atoms with E-state index < -0.39 is 5.60 Å². The van der Waals surface area contributed by atoms with Crippen LogP contribution in [0, 0.1) is 24.7 Å². The van der Waals surface area contributed by atoms with Crippen molar-refractivity contribution in [1.29, 1.82) is 0 Å². The highest BCUT2D eigenvalue weighted by Gasteiger charge is 2.53. The summed E-state index contributed by atoms with van der Waals surface area (Å²) in [7, 11) is 4.79. The van der Waals surface area contributed by atoms with Crippen LogP contribution in [-0.2, 0) is 19.1 Å². The van der Waals surface area contributed by atoms with Gasteiger partial charge in [-0.25, -0.2) is 4.79 Å². The summed E-state index contributed by atoms with van der Waals surface area (Å²) >= 11 is 0. The number of amides is 2. The van der Waals surface area contributed by atoms with Gasteiger partial charge in [0.05, 0.1) is 7.11 Å². The molecule has 0 N–H and O–H groups in total. The van der Waals surface area contributed by atoms with Crippen LogP contribution in [0.1, 0.15) is 56.1 Å². The molecule has 0 radical (unpaired) electrons. The Morgan fingerprint density at radius 3 is 2.70 bits per heavy atom. The SMILES string of the molecule is COC(=O)N1CCC2C1CCCC2(C#Cc1cccc(C)c1)OC(=O)CCCC(=O)N(C)C. The number of ether oxygens (including phenoxy) is 2. The Bertz CT molecular complexity index is 947. The minimum atomic E-state index is -0.960. The highest BCUT2D eigenvalue weighted by Crippen LogP contribution is 2.45. The van der Waals surface area contributed by atoms with Crippen molar-refractivity contribution in [2.24, 2.45) is 5.92 Å². The largest absolute Gasteiger partial charge is 0.453 e. The molecule has 7 heteroatoms. The van der Waals surface area contributed by atoms with Crippen molar-refractivity contribution in [3.63, 3.8) is 0 Å². The van der Waals surface area contributed by atoms with Crippen LogP contribution in [-0.4, -0.2) is 67.2 Å². The number of likely N-dealkylation sites (tertiary alicyclic amines) is 1. The summed E-state index contributed by atoms with van der Waals surface area (Å²) in [5, 5.41) is 0. The van der Waals surface area contributed by atoms with E-state index in [0.29, 0.717) is 32.2 Å². The summed E-state index contributed by atoms with van der Waals surface area (Å²) in [6, 6.07) is 7.85. The summed E-state index contributed by atoms with van der Waals surface area (Å²) < 4.78 is 11.1. The first-order valence-corrected chi connectivity index (χ1v) is 11.6. The molecule has 0 bridgehead atoms. The fourth-order valence-electron chi connectivity index (χ4n) is 4.93. The molecule has 7 nitrogen and oxygen atoms in total. The van der Waals surface area contributed by atoms with Crippen LogP contribution < -0.4 is 0 Å². The molecule has 1 heterocycles. The molecule has 1 aromatic carbocycles. The van der Waals surface area contributed by atoms with Crippen molar-refractivity contribution in [3.05, 3.63) is 35.4 Å². The molecule has 2 amide bonds. The van der Waals surface area contributed by atoms with Crippen molar-refractivity contribution in [2.75, 3.05) is 27.7 Å². The summed E-state index contributed by atoms with van der Waals surface area (Å²) in [5.41, 5.74) is 1.02. The molecule has 178 valence electrons. The zero-order chi connectivity index (χ0) is 24.0. The lowest BCUT2D eigenvalue weighted by Gasteiger charge is -2.42. The maximum atomic E-state index is 12.9. The third-order valence-corrected chi connectivity index (χ3v) is 6.60. The Morgan fingerprint density at radius 2 is 2.00 bits per heavy atom. The van der Waals surface area contributed by atoms with E-state index in [1.54, 1.807) is 19.0 Å². The van der Waals surface area contributed by atoms with Gasteiger partial charge in [0.25, 0.3) is 0 Å². The fourth-order valence-corrected chi connectivity index (χ4v) is 4.93. The zero-order valence-electron chi connectivity index (χ0n) is 20.1. The first kappa shape index (κ1) is 24.6. The van der Waals surface area contributed by atoms with Gasteiger partial charge in [0.1, 0.15) is 0 Å². The Balaban J connectivity index is 1.83. The Morgan fingerprint density at radius 1 is 1.21 bits per heavy atom. The highest BCUT2D eigenvalue weighted by molar-refractivity contribution is 5.77. The second-order valence-corrected chi connectivity index (χ2v) is 9.14. The fraction of sp³-hybridized carbons (Fsp3) is 0.577. The van der Waals surface area contributed by atoms with Crippen molar-refractivity contribution < 1.29 is 23.9 Å². The van der Waals surface area contributed by atoms with Crippen molar-refractivity contribution >= 4 is 18.0 Å². The molecule has 3 rings (SSSR count). The van der Waals surface area contributed by atoms with Crippen molar-refractivity contribution in [3.8, 4) is 11.8 Å². The molecule has 33 heavy (non-hydrogen) atoms. The van der Waals surface area contributed by atoms with Gasteiger partial charge in [-0.3, -0.25) is 9.59 Å². The first-order valence-electron chi connectivity index (χ1n) is 11.6. The van der Waals surface area contributed by atoms with E-state index in [1.165, 1.54) is 12.0 Å².